The van der Waals surface area contributed by atoms with E-state index in [1.165, 1.54) is 5.56 Å². The van der Waals surface area contributed by atoms with Crippen molar-refractivity contribution in [3.8, 4) is 5.75 Å². The van der Waals surface area contributed by atoms with E-state index in [0.717, 1.165) is 51.0 Å². The van der Waals surface area contributed by atoms with E-state index in [0.29, 0.717) is 11.7 Å². The normalized spacial score (nSPS) is 22.1. The molecule has 0 saturated carbocycles. The van der Waals surface area contributed by atoms with Crippen LogP contribution in [-0.2, 0) is 4.74 Å². The first-order valence-corrected chi connectivity index (χ1v) is 10.9. The number of methoxy groups -OCH3 is 1. The minimum atomic E-state index is -0.217. The third-order valence-electron chi connectivity index (χ3n) is 6.14. The summed E-state index contributed by atoms with van der Waals surface area (Å²) in [6.45, 7) is 15.1. The summed E-state index contributed by atoms with van der Waals surface area (Å²) in [7, 11) is 1.59. The molecule has 4 nitrogen and oxygen atoms in total. The van der Waals surface area contributed by atoms with Gasteiger partial charge in [-0.25, -0.2) is 0 Å². The van der Waals surface area contributed by atoms with Crippen molar-refractivity contribution in [2.75, 3.05) is 7.11 Å². The molecule has 0 aliphatic carbocycles. The quantitative estimate of drug-likeness (QED) is 0.558. The first-order chi connectivity index (χ1) is 14.8. The molecule has 2 aliphatic rings. The molecule has 2 aliphatic heterocycles. The highest BCUT2D eigenvalue weighted by Crippen LogP contribution is 2.51. The predicted octanol–water partition coefficient (Wildman–Crippen LogP) is 6.77. The van der Waals surface area contributed by atoms with Gasteiger partial charge >= 0.3 is 0 Å². The van der Waals surface area contributed by atoms with E-state index in [-0.39, 0.29) is 17.9 Å². The Morgan fingerprint density at radius 2 is 1.87 bits per heavy atom. The molecule has 0 saturated heterocycles. The molecule has 2 unspecified atom stereocenters. The fourth-order valence-corrected chi connectivity index (χ4v) is 4.88. The van der Waals surface area contributed by atoms with E-state index in [9.17, 15) is 5.11 Å². The Labute approximate surface area is 184 Å². The van der Waals surface area contributed by atoms with Crippen molar-refractivity contribution < 1.29 is 14.6 Å². The van der Waals surface area contributed by atoms with E-state index < -0.39 is 0 Å². The maximum absolute atomic E-state index is 9.94. The molecule has 2 aromatic rings. The van der Waals surface area contributed by atoms with Gasteiger partial charge in [0, 0.05) is 16.7 Å². The largest absolute Gasteiger partial charge is 0.512 e. The third kappa shape index (κ3) is 3.25. The Kier molecular flexibility index (Phi) is 5.42. The van der Waals surface area contributed by atoms with Crippen molar-refractivity contribution in [1.29, 1.82) is 0 Å². The fourth-order valence-electron chi connectivity index (χ4n) is 4.88. The summed E-state index contributed by atoms with van der Waals surface area (Å²) in [5.74, 6) is 2.49. The zero-order chi connectivity index (χ0) is 22.4. The fraction of sp³-hybridized carbons (Fsp3) is 0.370. The van der Waals surface area contributed by atoms with Crippen molar-refractivity contribution in [2.24, 2.45) is 10.9 Å². The molecule has 31 heavy (non-hydrogen) atoms. The molecule has 162 valence electrons. The second-order valence-electron chi connectivity index (χ2n) is 9.02. The Hall–Kier alpha value is -3.01. The van der Waals surface area contributed by atoms with Crippen LogP contribution in [-0.4, -0.2) is 24.0 Å². The molecule has 1 N–H and O–H groups in total. The number of aliphatic imine (C=N–C) groups is 1. The van der Waals surface area contributed by atoms with Gasteiger partial charge in [-0.15, -0.1) is 0 Å². The van der Waals surface area contributed by atoms with Gasteiger partial charge in [0.15, 0.2) is 0 Å². The Morgan fingerprint density at radius 3 is 2.45 bits per heavy atom. The van der Waals surface area contributed by atoms with Gasteiger partial charge in [0.25, 0.3) is 0 Å². The molecular formula is C27H31NO3. The van der Waals surface area contributed by atoms with Gasteiger partial charge in [-0.1, -0.05) is 58.5 Å². The van der Waals surface area contributed by atoms with Crippen LogP contribution >= 0.6 is 0 Å². The lowest BCUT2D eigenvalue weighted by atomic mass is 9.75. The molecule has 4 heteroatoms. The zero-order valence-electron chi connectivity index (χ0n) is 19.2. The maximum Gasteiger partial charge on any atom is 0.141 e. The first-order valence-electron chi connectivity index (χ1n) is 10.9. The lowest BCUT2D eigenvalue weighted by Gasteiger charge is -2.38. The smallest absolute Gasteiger partial charge is 0.141 e. The number of aliphatic hydroxyl groups is 1. The van der Waals surface area contributed by atoms with Crippen LogP contribution in [0.15, 0.2) is 65.3 Å². The molecule has 0 bridgehead atoms. The molecule has 4 rings (SSSR count). The summed E-state index contributed by atoms with van der Waals surface area (Å²) in [5, 5.41) is 12.2. The number of rotatable bonds is 4. The molecule has 0 spiro atoms. The average Bonchev–Trinajstić information content (AvgIpc) is 2.72. The number of aliphatic hydroxyl groups excluding tert-OH is 1. The van der Waals surface area contributed by atoms with Crippen LogP contribution < -0.4 is 4.74 Å². The van der Waals surface area contributed by atoms with Crippen molar-refractivity contribution >= 4 is 16.5 Å². The molecule has 0 aromatic heterocycles. The molecule has 2 aromatic carbocycles. The topological polar surface area (TPSA) is 51.1 Å². The average molecular weight is 418 g/mol. The maximum atomic E-state index is 9.94. The van der Waals surface area contributed by atoms with Crippen LogP contribution in [0.2, 0.25) is 0 Å². The van der Waals surface area contributed by atoms with Gasteiger partial charge in [0.2, 0.25) is 0 Å². The van der Waals surface area contributed by atoms with E-state index in [1.54, 1.807) is 7.11 Å². The molecule has 2 heterocycles. The van der Waals surface area contributed by atoms with E-state index in [4.69, 9.17) is 14.5 Å². The number of hydrogen-bond donors (Lipinski definition) is 1. The summed E-state index contributed by atoms with van der Waals surface area (Å²) in [6, 6.07) is 8.29. The summed E-state index contributed by atoms with van der Waals surface area (Å²) < 4.78 is 12.2. The van der Waals surface area contributed by atoms with Gasteiger partial charge in [-0.05, 0) is 41.2 Å². The van der Waals surface area contributed by atoms with Crippen molar-refractivity contribution in [3.05, 3.63) is 77.0 Å². The summed E-state index contributed by atoms with van der Waals surface area (Å²) in [6.07, 6.45) is 3.17. The van der Waals surface area contributed by atoms with Crippen LogP contribution in [0.25, 0.3) is 10.8 Å². The highest BCUT2D eigenvalue weighted by molar-refractivity contribution is 6.21. The van der Waals surface area contributed by atoms with Gasteiger partial charge in [0.05, 0.1) is 24.8 Å². The Bertz CT molecular complexity index is 1150. The lowest BCUT2D eigenvalue weighted by molar-refractivity contribution is 0.237. The molecular weight excluding hydrogens is 386 g/mol. The minimum absolute atomic E-state index is 0.128. The summed E-state index contributed by atoms with van der Waals surface area (Å²) in [4.78, 5) is 5.06. The number of fused-ring (bicyclic) bond motifs is 2. The first kappa shape index (κ1) is 21.2. The Morgan fingerprint density at radius 1 is 1.19 bits per heavy atom. The lowest BCUT2D eigenvalue weighted by Crippen LogP contribution is -2.32. The van der Waals surface area contributed by atoms with Crippen molar-refractivity contribution in [1.82, 2.24) is 0 Å². The Balaban J connectivity index is 2.18. The van der Waals surface area contributed by atoms with E-state index in [2.05, 4.69) is 71.5 Å². The monoisotopic (exact) mass is 417 g/mol. The number of ether oxygens (including phenoxy) is 2. The predicted molar refractivity (Wildman–Crippen MR) is 127 cm³/mol. The van der Waals surface area contributed by atoms with Crippen LogP contribution in [0.4, 0.5) is 0 Å². The van der Waals surface area contributed by atoms with Crippen LogP contribution in [0, 0.1) is 5.92 Å². The van der Waals surface area contributed by atoms with Crippen LogP contribution in [0.5, 0.6) is 5.75 Å². The van der Waals surface area contributed by atoms with Crippen LogP contribution in [0.1, 0.15) is 63.1 Å². The van der Waals surface area contributed by atoms with Crippen molar-refractivity contribution in [3.63, 3.8) is 0 Å². The molecule has 0 fully saturated rings. The van der Waals surface area contributed by atoms with Gasteiger partial charge in [-0.3, -0.25) is 4.99 Å². The zero-order valence-corrected chi connectivity index (χ0v) is 19.2. The van der Waals surface area contributed by atoms with Gasteiger partial charge < -0.3 is 14.6 Å². The van der Waals surface area contributed by atoms with E-state index in [1.807, 2.05) is 0 Å². The second kappa shape index (κ2) is 7.92. The van der Waals surface area contributed by atoms with Gasteiger partial charge in [-0.2, -0.15) is 0 Å². The highest BCUT2D eigenvalue weighted by Gasteiger charge is 2.41. The number of benzene rings is 2. The summed E-state index contributed by atoms with van der Waals surface area (Å²) >= 11 is 0. The standard InChI is InChI=1S/C27H31NO3/c1-14(2)12-20-16(5)26-25-24(23(17(6)28-26)21(13-29)30-7)19-11-9-8-10-18(19)22(15(3)4)27(25)31-20/h8-15,17,23,29H,5H2,1-4,6-7H3/b20-12+,21-13-. The number of hydrogen-bond acceptors (Lipinski definition) is 4. The van der Waals surface area contributed by atoms with Gasteiger partial charge in [0.1, 0.15) is 23.5 Å². The minimum Gasteiger partial charge on any atom is -0.512 e. The van der Waals surface area contributed by atoms with Crippen molar-refractivity contribution in [2.45, 2.75) is 52.5 Å². The molecule has 0 radical (unpaired) electrons. The SMILES string of the molecule is C=C1C2=NC(C)C(/C(=C/O)OC)c3c2c(c(C(C)C)c2ccccc32)O/C1=C/C(C)C. The molecule has 2 atom stereocenters. The second-order valence-corrected chi connectivity index (χ2v) is 9.02. The van der Waals surface area contributed by atoms with E-state index >= 15 is 0 Å². The number of allylic oxidation sites excluding steroid dienone is 2. The van der Waals surface area contributed by atoms with Crippen LogP contribution in [0.3, 0.4) is 0 Å². The number of nitrogens with zero attached hydrogens (tertiary/aromatic N) is 1. The highest BCUT2D eigenvalue weighted by atomic mass is 16.5. The summed E-state index contributed by atoms with van der Waals surface area (Å²) in [5.41, 5.74) is 4.93. The molecule has 0 amide bonds. The third-order valence-corrected chi connectivity index (χ3v) is 6.14.